The smallest absolute Gasteiger partial charge is 0.266 e. The normalized spacial score (nSPS) is 11.6. The van der Waals surface area contributed by atoms with Gasteiger partial charge in [0.15, 0.2) is 5.16 Å². The van der Waals surface area contributed by atoms with E-state index in [1.165, 1.54) is 28.2 Å². The topological polar surface area (TPSA) is 81.3 Å². The molecule has 7 nitrogen and oxygen atoms in total. The molecule has 0 aliphatic heterocycles. The number of carbonyl (C=O) groups is 1. The van der Waals surface area contributed by atoms with E-state index in [0.29, 0.717) is 21.7 Å². The summed E-state index contributed by atoms with van der Waals surface area (Å²) in [6.45, 7) is 3.02. The lowest BCUT2D eigenvalue weighted by molar-refractivity contribution is -0.118. The number of rotatable bonds is 7. The highest BCUT2D eigenvalue weighted by Gasteiger charge is 2.15. The molecular formula is C31H25N5O2S. The van der Waals surface area contributed by atoms with Gasteiger partial charge in [0.1, 0.15) is 0 Å². The molecule has 1 N–H and O–H groups in total. The highest BCUT2D eigenvalue weighted by Crippen LogP contribution is 2.29. The van der Waals surface area contributed by atoms with Crippen molar-refractivity contribution in [3.8, 4) is 5.69 Å². The molecule has 0 aliphatic rings. The average Bonchev–Trinajstić information content (AvgIpc) is 3.29. The van der Waals surface area contributed by atoms with Crippen molar-refractivity contribution < 1.29 is 4.79 Å². The number of hydrogen-bond acceptors (Lipinski definition) is 5. The number of benzene rings is 4. The summed E-state index contributed by atoms with van der Waals surface area (Å²) >= 11 is 1.20. The van der Waals surface area contributed by atoms with Gasteiger partial charge in [-0.3, -0.25) is 14.2 Å². The van der Waals surface area contributed by atoms with Crippen LogP contribution in [-0.2, 0) is 11.3 Å². The Kier molecular flexibility index (Phi) is 6.69. The van der Waals surface area contributed by atoms with E-state index in [4.69, 9.17) is 0 Å². The molecule has 6 rings (SSSR count). The highest BCUT2D eigenvalue weighted by molar-refractivity contribution is 7.99. The van der Waals surface area contributed by atoms with E-state index in [1.54, 1.807) is 22.9 Å². The Morgan fingerprint density at radius 3 is 2.44 bits per heavy atom. The standard InChI is InChI=1S/C31H25N5O2S/c1-2-35-27-15-9-7-12-23(27)25-18-21(16-17-28(25)35)19-32-34-29(37)20-39-31-33-26-14-8-6-13-24(26)30(38)36(31)22-10-4-3-5-11-22/h3-19H,2,20H2,1H3,(H,34,37)/b32-19-. The summed E-state index contributed by atoms with van der Waals surface area (Å²) in [6.07, 6.45) is 1.65. The van der Waals surface area contributed by atoms with Crippen molar-refractivity contribution in [1.29, 1.82) is 0 Å². The lowest BCUT2D eigenvalue weighted by atomic mass is 10.1. The summed E-state index contributed by atoms with van der Waals surface area (Å²) in [4.78, 5) is 30.7. The van der Waals surface area contributed by atoms with Gasteiger partial charge in [0.05, 0.1) is 28.6 Å². The van der Waals surface area contributed by atoms with Crippen molar-refractivity contribution >= 4 is 56.6 Å². The number of fused-ring (bicyclic) bond motifs is 4. The Balaban J connectivity index is 1.21. The average molecular weight is 532 g/mol. The van der Waals surface area contributed by atoms with Gasteiger partial charge in [-0.25, -0.2) is 10.4 Å². The first-order valence-corrected chi connectivity index (χ1v) is 13.7. The van der Waals surface area contributed by atoms with Crippen LogP contribution < -0.4 is 11.0 Å². The van der Waals surface area contributed by atoms with E-state index in [1.807, 2.05) is 54.6 Å². The van der Waals surface area contributed by atoms with Crippen LogP contribution >= 0.6 is 11.8 Å². The maximum atomic E-state index is 13.3. The number of hydrogen-bond donors (Lipinski definition) is 1. The van der Waals surface area contributed by atoms with Crippen LogP contribution in [0.2, 0.25) is 0 Å². The molecule has 2 aromatic heterocycles. The zero-order valence-electron chi connectivity index (χ0n) is 21.2. The molecule has 39 heavy (non-hydrogen) atoms. The van der Waals surface area contributed by atoms with Crippen LogP contribution in [0, 0.1) is 0 Å². The number of aryl methyl sites for hydroxylation is 1. The number of carbonyl (C=O) groups excluding carboxylic acids is 1. The van der Waals surface area contributed by atoms with Gasteiger partial charge in [0.25, 0.3) is 11.5 Å². The lowest BCUT2D eigenvalue weighted by Crippen LogP contribution is -2.24. The van der Waals surface area contributed by atoms with E-state index in [-0.39, 0.29) is 17.2 Å². The van der Waals surface area contributed by atoms with Crippen LogP contribution in [0.1, 0.15) is 12.5 Å². The summed E-state index contributed by atoms with van der Waals surface area (Å²) < 4.78 is 3.84. The second kappa shape index (κ2) is 10.6. The second-order valence-corrected chi connectivity index (χ2v) is 9.95. The molecule has 0 saturated carbocycles. The minimum absolute atomic E-state index is 0.0535. The number of amides is 1. The molecule has 0 unspecified atom stereocenters. The van der Waals surface area contributed by atoms with Crippen molar-refractivity contribution in [2.75, 3.05) is 5.75 Å². The molecule has 0 atom stereocenters. The van der Waals surface area contributed by atoms with Gasteiger partial charge in [0.2, 0.25) is 0 Å². The predicted molar refractivity (Wildman–Crippen MR) is 159 cm³/mol. The van der Waals surface area contributed by atoms with Gasteiger partial charge in [-0.05, 0) is 55.0 Å². The monoisotopic (exact) mass is 531 g/mol. The van der Waals surface area contributed by atoms with Crippen LogP contribution in [0.15, 0.2) is 112 Å². The van der Waals surface area contributed by atoms with Gasteiger partial charge in [-0.15, -0.1) is 0 Å². The van der Waals surface area contributed by atoms with E-state index in [0.717, 1.165) is 17.5 Å². The van der Waals surface area contributed by atoms with Gasteiger partial charge in [0, 0.05) is 28.4 Å². The van der Waals surface area contributed by atoms with Crippen molar-refractivity contribution in [2.45, 2.75) is 18.6 Å². The Morgan fingerprint density at radius 2 is 1.62 bits per heavy atom. The van der Waals surface area contributed by atoms with Crippen molar-refractivity contribution in [3.63, 3.8) is 0 Å². The maximum Gasteiger partial charge on any atom is 0.266 e. The molecule has 0 bridgehead atoms. The zero-order valence-corrected chi connectivity index (χ0v) is 22.1. The fourth-order valence-corrected chi connectivity index (χ4v) is 5.65. The molecule has 0 aliphatic carbocycles. The highest BCUT2D eigenvalue weighted by atomic mass is 32.2. The molecule has 0 saturated heterocycles. The van der Waals surface area contributed by atoms with Crippen LogP contribution in [0.4, 0.5) is 0 Å². The third-order valence-corrected chi connectivity index (χ3v) is 7.55. The molecule has 0 fully saturated rings. The number of nitrogens with one attached hydrogen (secondary N) is 1. The fourth-order valence-electron chi connectivity index (χ4n) is 4.85. The minimum atomic E-state index is -0.290. The minimum Gasteiger partial charge on any atom is -0.341 e. The Hall–Kier alpha value is -4.69. The molecular weight excluding hydrogens is 506 g/mol. The molecule has 2 heterocycles. The third kappa shape index (κ3) is 4.70. The van der Waals surface area contributed by atoms with E-state index in [2.05, 4.69) is 57.3 Å². The van der Waals surface area contributed by atoms with E-state index >= 15 is 0 Å². The summed E-state index contributed by atoms with van der Waals surface area (Å²) in [5.41, 5.74) is 6.98. The number of aromatic nitrogens is 3. The van der Waals surface area contributed by atoms with Gasteiger partial charge in [-0.1, -0.05) is 66.4 Å². The molecule has 0 spiro atoms. The Labute approximate surface area is 228 Å². The van der Waals surface area contributed by atoms with Crippen LogP contribution in [0.5, 0.6) is 0 Å². The molecule has 6 aromatic rings. The Bertz CT molecular complexity index is 1930. The maximum absolute atomic E-state index is 13.3. The molecule has 0 radical (unpaired) electrons. The van der Waals surface area contributed by atoms with E-state index in [9.17, 15) is 9.59 Å². The van der Waals surface area contributed by atoms with Gasteiger partial charge in [-0.2, -0.15) is 5.10 Å². The molecule has 8 heteroatoms. The van der Waals surface area contributed by atoms with Crippen molar-refractivity contribution in [1.82, 2.24) is 19.5 Å². The third-order valence-electron chi connectivity index (χ3n) is 6.61. The van der Waals surface area contributed by atoms with Crippen LogP contribution in [-0.4, -0.2) is 32.0 Å². The lowest BCUT2D eigenvalue weighted by Gasteiger charge is -2.12. The quantitative estimate of drug-likeness (QED) is 0.123. The zero-order chi connectivity index (χ0) is 26.8. The number of para-hydroxylation sites is 3. The van der Waals surface area contributed by atoms with Crippen molar-refractivity contribution in [2.24, 2.45) is 5.10 Å². The van der Waals surface area contributed by atoms with Crippen molar-refractivity contribution in [3.05, 3.63) is 113 Å². The predicted octanol–water partition coefficient (Wildman–Crippen LogP) is 5.76. The SMILES string of the molecule is CCn1c2ccccc2c2cc(/C=N\NC(=O)CSc3nc4ccccc4c(=O)n3-c3ccccc3)ccc21. The second-order valence-electron chi connectivity index (χ2n) is 9.01. The number of hydrazone groups is 1. The first-order chi connectivity index (χ1) is 19.1. The van der Waals surface area contributed by atoms with Gasteiger partial charge >= 0.3 is 0 Å². The van der Waals surface area contributed by atoms with E-state index < -0.39 is 0 Å². The first kappa shape index (κ1) is 24.6. The van der Waals surface area contributed by atoms with Crippen LogP contribution in [0.3, 0.4) is 0 Å². The summed E-state index contributed by atoms with van der Waals surface area (Å²) in [5, 5.41) is 7.50. The molecule has 192 valence electrons. The largest absolute Gasteiger partial charge is 0.341 e. The van der Waals surface area contributed by atoms with Gasteiger partial charge < -0.3 is 4.57 Å². The fraction of sp³-hybridized carbons (Fsp3) is 0.0968. The Morgan fingerprint density at radius 1 is 0.897 bits per heavy atom. The number of nitrogens with zero attached hydrogens (tertiary/aromatic N) is 4. The number of thioether (sulfide) groups is 1. The van der Waals surface area contributed by atoms with Crippen LogP contribution in [0.25, 0.3) is 38.4 Å². The first-order valence-electron chi connectivity index (χ1n) is 12.7. The summed E-state index contributed by atoms with van der Waals surface area (Å²) in [5.74, 6) is -0.236. The summed E-state index contributed by atoms with van der Waals surface area (Å²) in [6, 6.07) is 31.1. The molecule has 1 amide bonds. The molecule has 4 aromatic carbocycles. The summed E-state index contributed by atoms with van der Waals surface area (Å²) in [7, 11) is 0.